The van der Waals surface area contributed by atoms with E-state index in [1.165, 1.54) is 21.5 Å². The summed E-state index contributed by atoms with van der Waals surface area (Å²) in [4.78, 5) is 10.7. The van der Waals surface area contributed by atoms with E-state index in [9.17, 15) is 10.5 Å². The number of rotatable bonds is 9. The fourth-order valence-corrected chi connectivity index (χ4v) is 12.9. The second-order valence-electron chi connectivity index (χ2n) is 21.5. The second-order valence-corrected chi connectivity index (χ2v) is 21.5. The summed E-state index contributed by atoms with van der Waals surface area (Å²) >= 11 is 0. The molecule has 0 unspecified atom stereocenters. The maximum Gasteiger partial charge on any atom is 0.160 e. The summed E-state index contributed by atoms with van der Waals surface area (Å²) in [6.45, 7) is 0. The fourth-order valence-electron chi connectivity index (χ4n) is 12.9. The zero-order valence-electron chi connectivity index (χ0n) is 45.8. The summed E-state index contributed by atoms with van der Waals surface area (Å²) in [6, 6.07) is 105. The van der Waals surface area contributed by atoms with E-state index in [4.69, 9.17) is 9.97 Å². The molecule has 7 heteroatoms. The highest BCUT2D eigenvalue weighted by atomic mass is 15.0. The summed E-state index contributed by atoms with van der Waals surface area (Å²) in [5.74, 6) is 0.634. The van der Waals surface area contributed by atoms with Gasteiger partial charge < -0.3 is 13.7 Å². The molecular weight excluding hydrogens is 1030 g/mol. The van der Waals surface area contributed by atoms with Gasteiger partial charge in [0.15, 0.2) is 5.82 Å². The minimum atomic E-state index is 0.447. The number of nitriles is 2. The number of aromatic nitrogens is 5. The Balaban J connectivity index is 0.994. The van der Waals surface area contributed by atoms with E-state index < -0.39 is 0 Å². The van der Waals surface area contributed by atoms with E-state index in [1.807, 2.05) is 30.3 Å². The summed E-state index contributed by atoms with van der Waals surface area (Å²) in [6.07, 6.45) is 0. The highest BCUT2D eigenvalue weighted by molar-refractivity contribution is 6.13. The van der Waals surface area contributed by atoms with Crippen LogP contribution in [0.25, 0.3) is 150 Å². The third kappa shape index (κ3) is 8.10. The van der Waals surface area contributed by atoms with Crippen molar-refractivity contribution in [1.82, 2.24) is 23.7 Å². The third-order valence-corrected chi connectivity index (χ3v) is 16.7. The molecule has 0 aliphatic heterocycles. The molecule has 0 saturated carbocycles. The summed E-state index contributed by atoms with van der Waals surface area (Å²) in [5, 5.41) is 27.1. The van der Waals surface area contributed by atoms with Crippen LogP contribution in [0.3, 0.4) is 0 Å². The van der Waals surface area contributed by atoms with Gasteiger partial charge in [0.2, 0.25) is 0 Å². The summed E-state index contributed by atoms with van der Waals surface area (Å²) in [5.41, 5.74) is 20.7. The third-order valence-electron chi connectivity index (χ3n) is 16.7. The Bertz CT molecular complexity index is 5080. The van der Waals surface area contributed by atoms with E-state index in [-0.39, 0.29) is 0 Å². The van der Waals surface area contributed by atoms with Crippen molar-refractivity contribution >= 4 is 65.4 Å². The first-order valence-electron chi connectivity index (χ1n) is 28.4. The van der Waals surface area contributed by atoms with E-state index in [0.717, 1.165) is 122 Å². The lowest BCUT2D eigenvalue weighted by Crippen LogP contribution is -2.03. The van der Waals surface area contributed by atoms with Crippen molar-refractivity contribution in [2.75, 3.05) is 0 Å². The first kappa shape index (κ1) is 49.0. The molecule has 0 aliphatic carbocycles. The van der Waals surface area contributed by atoms with Crippen LogP contribution in [0.4, 0.5) is 0 Å². The van der Waals surface area contributed by atoms with Gasteiger partial charge in [0.05, 0.1) is 73.4 Å². The molecule has 0 aliphatic rings. The normalized spacial score (nSPS) is 11.5. The molecule has 0 fully saturated rings. The van der Waals surface area contributed by atoms with Crippen molar-refractivity contribution in [2.45, 2.75) is 0 Å². The molecule has 0 radical (unpaired) electrons. The van der Waals surface area contributed by atoms with E-state index >= 15 is 0 Å². The van der Waals surface area contributed by atoms with Crippen LogP contribution in [0.2, 0.25) is 0 Å². The first-order chi connectivity index (χ1) is 42.1. The summed E-state index contributed by atoms with van der Waals surface area (Å²) in [7, 11) is 0. The fraction of sp³-hybridized carbons (Fsp3) is 0. The van der Waals surface area contributed by atoms with Gasteiger partial charge in [0.25, 0.3) is 0 Å². The topological polar surface area (TPSA) is 88.2 Å². The van der Waals surface area contributed by atoms with Gasteiger partial charge in [-0.2, -0.15) is 10.5 Å². The smallest absolute Gasteiger partial charge is 0.160 e. The monoisotopic (exact) mass is 1080 g/mol. The lowest BCUT2D eigenvalue weighted by molar-refractivity contribution is 1.16. The highest BCUT2D eigenvalue weighted by Crippen LogP contribution is 2.46. The number of nitrogens with zero attached hydrogens (tertiary/aromatic N) is 7. The molecule has 0 atom stereocenters. The zero-order chi connectivity index (χ0) is 56.5. The molecule has 0 amide bonds. The number of hydrogen-bond donors (Lipinski definition) is 0. The average molecular weight is 1080 g/mol. The maximum atomic E-state index is 10.4. The number of para-hydroxylation sites is 5. The van der Waals surface area contributed by atoms with Crippen molar-refractivity contribution in [3.05, 3.63) is 296 Å². The lowest BCUT2D eigenvalue weighted by atomic mass is 9.91. The van der Waals surface area contributed by atoms with Gasteiger partial charge in [-0.1, -0.05) is 188 Å². The molecule has 4 heterocycles. The molecule has 0 saturated heterocycles. The van der Waals surface area contributed by atoms with Crippen molar-refractivity contribution < 1.29 is 0 Å². The molecule has 0 bridgehead atoms. The molecule has 16 aromatic rings. The van der Waals surface area contributed by atoms with Crippen molar-refractivity contribution in [3.63, 3.8) is 0 Å². The molecule has 12 aromatic carbocycles. The number of hydrogen-bond acceptors (Lipinski definition) is 4. The second kappa shape index (κ2) is 20.0. The lowest BCUT2D eigenvalue weighted by Gasteiger charge is -2.22. The van der Waals surface area contributed by atoms with Crippen molar-refractivity contribution in [1.29, 1.82) is 10.5 Å². The summed E-state index contributed by atoms with van der Waals surface area (Å²) < 4.78 is 7.16. The van der Waals surface area contributed by atoms with Gasteiger partial charge in [0, 0.05) is 71.5 Å². The number of fused-ring (bicyclic) bond motifs is 9. The Labute approximate surface area is 489 Å². The van der Waals surface area contributed by atoms with Gasteiger partial charge >= 0.3 is 0 Å². The van der Waals surface area contributed by atoms with E-state index in [1.54, 1.807) is 12.1 Å². The van der Waals surface area contributed by atoms with Gasteiger partial charge in [-0.25, -0.2) is 9.97 Å². The predicted octanol–water partition coefficient (Wildman–Crippen LogP) is 19.5. The molecule has 4 aromatic heterocycles. The van der Waals surface area contributed by atoms with Crippen LogP contribution in [0, 0.1) is 22.7 Å². The Morgan fingerprint density at radius 3 is 1.16 bits per heavy atom. The zero-order valence-corrected chi connectivity index (χ0v) is 45.8. The van der Waals surface area contributed by atoms with Gasteiger partial charge in [0.1, 0.15) is 0 Å². The molecule has 0 spiro atoms. The molecule has 85 heavy (non-hydrogen) atoms. The minimum Gasteiger partial charge on any atom is -0.309 e. The molecule has 0 N–H and O–H groups in total. The largest absolute Gasteiger partial charge is 0.309 e. The molecule has 394 valence electrons. The predicted molar refractivity (Wildman–Crippen MR) is 347 cm³/mol. The first-order valence-corrected chi connectivity index (χ1v) is 28.4. The van der Waals surface area contributed by atoms with Crippen LogP contribution in [-0.2, 0) is 0 Å². The van der Waals surface area contributed by atoms with Crippen molar-refractivity contribution in [2.24, 2.45) is 0 Å². The number of benzene rings is 12. The van der Waals surface area contributed by atoms with Crippen molar-refractivity contribution in [3.8, 4) is 96.5 Å². The highest BCUT2D eigenvalue weighted by Gasteiger charge is 2.25. The van der Waals surface area contributed by atoms with Crippen LogP contribution >= 0.6 is 0 Å². The quantitative estimate of drug-likeness (QED) is 0.144. The van der Waals surface area contributed by atoms with Crippen LogP contribution in [0.15, 0.2) is 285 Å². The Hall–Kier alpha value is -11.9. The van der Waals surface area contributed by atoms with Gasteiger partial charge in [-0.05, 0) is 119 Å². The Morgan fingerprint density at radius 2 is 0.682 bits per heavy atom. The molecular formula is C78H47N7. The van der Waals surface area contributed by atoms with Crippen LogP contribution in [-0.4, -0.2) is 23.7 Å². The van der Waals surface area contributed by atoms with Crippen LogP contribution in [0.1, 0.15) is 11.1 Å². The van der Waals surface area contributed by atoms with Gasteiger partial charge in [-0.3, -0.25) is 0 Å². The molecule has 16 rings (SSSR count). The van der Waals surface area contributed by atoms with E-state index in [0.29, 0.717) is 17.0 Å². The standard InChI is InChI=1S/C78H47N7/c79-48-50-31-41-60(57(43-50)49-80)55-36-42-76-68(44-55)65-25-11-16-30-75(65)85(76)77-66(51-32-37-58(38-33-51)83-71-26-12-7-21-61(71)62-22-8-13-27-72(62)83)45-56(70-47-69(53-17-3-1-4-18-53)81-78(82-70)54-19-5-2-6-20-54)46-67(77)52-34-39-59(40-35-52)84-73-28-14-9-23-63(73)64-24-10-15-29-74(64)84/h1-47H. The van der Waals surface area contributed by atoms with Crippen LogP contribution < -0.4 is 0 Å². The Kier molecular flexibility index (Phi) is 11.5. The Morgan fingerprint density at radius 1 is 0.271 bits per heavy atom. The average Bonchev–Trinajstić information content (AvgIpc) is 2.09. The SMILES string of the molecule is N#Cc1ccc(-c2ccc3c(c2)c2ccccc2n3-c2c(-c3ccc(-n4c5ccccc5c5ccccc54)cc3)cc(-c3cc(-c4ccccc4)nc(-c4ccccc4)n3)cc2-c2ccc(-n3c4ccccc4c4ccccc43)cc2)c(C#N)c1. The van der Waals surface area contributed by atoms with Crippen LogP contribution in [0.5, 0.6) is 0 Å². The maximum absolute atomic E-state index is 10.4. The minimum absolute atomic E-state index is 0.447. The van der Waals surface area contributed by atoms with Gasteiger partial charge in [-0.15, -0.1) is 0 Å². The van der Waals surface area contributed by atoms with E-state index in [2.05, 4.69) is 268 Å². The molecule has 7 nitrogen and oxygen atoms in total.